The van der Waals surface area contributed by atoms with Crippen molar-refractivity contribution in [1.29, 1.82) is 0 Å². The molecule has 1 aliphatic carbocycles. The number of benzene rings is 3. The summed E-state index contributed by atoms with van der Waals surface area (Å²) in [5.41, 5.74) is 5.95. The first-order chi connectivity index (χ1) is 24.2. The molecule has 3 aromatic carbocycles. The van der Waals surface area contributed by atoms with Crippen molar-refractivity contribution in [2.75, 3.05) is 19.7 Å². The Bertz CT molecular complexity index is 1900. The summed E-state index contributed by atoms with van der Waals surface area (Å²) in [7, 11) is 0. The number of para-hydroxylation sites is 1. The molecule has 1 unspecified atom stereocenters. The lowest BCUT2D eigenvalue weighted by Crippen LogP contribution is -2.34. The number of aromatic nitrogens is 2. The van der Waals surface area contributed by atoms with Gasteiger partial charge >= 0.3 is 12.1 Å². The summed E-state index contributed by atoms with van der Waals surface area (Å²) in [6.07, 6.45) is 1.63. The first-order valence-electron chi connectivity index (χ1n) is 17.3. The Hall–Kier alpha value is -4.70. The fraction of sp³-hybridized carbons (Fsp3) is 0.375. The highest BCUT2D eigenvalue weighted by Crippen LogP contribution is 2.35. The van der Waals surface area contributed by atoms with Crippen LogP contribution in [0.2, 0.25) is 0 Å². The number of aryl methyl sites for hydroxylation is 2. The molecule has 50 heavy (non-hydrogen) atoms. The molecular formula is C40H42F3N3O4. The van der Waals surface area contributed by atoms with E-state index < -0.39 is 11.7 Å². The largest absolute Gasteiger partial charge is 0.489 e. The maximum atomic E-state index is 13.1. The van der Waals surface area contributed by atoms with Gasteiger partial charge in [-0.3, -0.25) is 14.7 Å². The first kappa shape index (κ1) is 35.1. The summed E-state index contributed by atoms with van der Waals surface area (Å²) in [4.78, 5) is 23.7. The summed E-state index contributed by atoms with van der Waals surface area (Å²) < 4.78 is 56.6. The molecule has 6 rings (SSSR count). The maximum absolute atomic E-state index is 13.1. The van der Waals surface area contributed by atoms with E-state index in [9.17, 15) is 18.0 Å². The van der Waals surface area contributed by atoms with Crippen LogP contribution < -0.4 is 4.74 Å². The van der Waals surface area contributed by atoms with Crippen LogP contribution in [-0.2, 0) is 35.2 Å². The van der Waals surface area contributed by atoms with Crippen molar-refractivity contribution in [2.24, 2.45) is 0 Å². The third-order valence-corrected chi connectivity index (χ3v) is 9.17. The van der Waals surface area contributed by atoms with E-state index in [1.165, 1.54) is 17.3 Å². The third kappa shape index (κ3) is 8.71. The van der Waals surface area contributed by atoms with Crippen LogP contribution >= 0.6 is 0 Å². The number of nitrogens with zero attached hydrogens (tertiary/aromatic N) is 3. The SMILES string of the molecule is CCOC(=O)CCCCN(CCc1ccccc1OCc1ccc(-c2nc3cc(C(F)(F)F)ccc3o2)cc1)C1CCCc2nc(C)ccc21. The number of hydrogen-bond acceptors (Lipinski definition) is 7. The standard InChI is InChI=1S/C40H42F3N3O4/c1-3-48-38(47)13-6-7-23-46(35-11-8-10-33-32(35)20-14-27(2)44-33)24-22-29-9-4-5-12-36(29)49-26-28-15-17-30(18-16-28)39-45-34-25-31(40(41,42)43)19-21-37(34)50-39/h4-5,9,12,14-21,25,35H,3,6-8,10-11,13,22-24,26H2,1-2H3. The lowest BCUT2D eigenvalue weighted by molar-refractivity contribution is -0.143. The Balaban J connectivity index is 1.11. The molecule has 0 radical (unpaired) electrons. The van der Waals surface area contributed by atoms with Crippen LogP contribution in [0.15, 0.2) is 83.3 Å². The predicted octanol–water partition coefficient (Wildman–Crippen LogP) is 9.45. The van der Waals surface area contributed by atoms with E-state index in [1.807, 2.05) is 56.3 Å². The third-order valence-electron chi connectivity index (χ3n) is 9.17. The first-order valence-corrected chi connectivity index (χ1v) is 17.3. The van der Waals surface area contributed by atoms with Crippen LogP contribution in [0.25, 0.3) is 22.6 Å². The normalized spacial score (nSPS) is 14.6. The molecule has 0 fully saturated rings. The molecule has 0 N–H and O–H groups in total. The van der Waals surface area contributed by atoms with Crippen molar-refractivity contribution in [3.8, 4) is 17.2 Å². The van der Waals surface area contributed by atoms with Crippen molar-refractivity contribution in [3.05, 3.63) is 113 Å². The number of halogens is 3. The Morgan fingerprint density at radius 1 is 0.980 bits per heavy atom. The number of fused-ring (bicyclic) bond motifs is 2. The Kier molecular flexibility index (Phi) is 11.2. The molecule has 0 saturated carbocycles. The molecule has 0 bridgehead atoms. The van der Waals surface area contributed by atoms with Gasteiger partial charge in [-0.2, -0.15) is 13.2 Å². The van der Waals surface area contributed by atoms with Gasteiger partial charge in [0.05, 0.1) is 12.2 Å². The van der Waals surface area contributed by atoms with Crippen molar-refractivity contribution < 1.29 is 31.9 Å². The van der Waals surface area contributed by atoms with Crippen molar-refractivity contribution in [1.82, 2.24) is 14.9 Å². The second-order valence-electron chi connectivity index (χ2n) is 12.7. The lowest BCUT2D eigenvalue weighted by Gasteiger charge is -2.36. The minimum absolute atomic E-state index is 0.142. The van der Waals surface area contributed by atoms with Crippen molar-refractivity contribution >= 4 is 17.1 Å². The summed E-state index contributed by atoms with van der Waals surface area (Å²) in [5, 5.41) is 0. The van der Waals surface area contributed by atoms with Gasteiger partial charge in [-0.25, -0.2) is 4.98 Å². The number of unbranched alkanes of at least 4 members (excludes halogenated alkanes) is 1. The molecule has 0 spiro atoms. The van der Waals surface area contributed by atoms with Gasteiger partial charge in [0.15, 0.2) is 5.58 Å². The van der Waals surface area contributed by atoms with Crippen molar-refractivity contribution in [3.63, 3.8) is 0 Å². The number of alkyl halides is 3. The van der Waals surface area contributed by atoms with Crippen LogP contribution in [0.4, 0.5) is 13.2 Å². The Morgan fingerprint density at radius 2 is 1.80 bits per heavy atom. The number of hydrogen-bond donors (Lipinski definition) is 0. The number of esters is 1. The molecule has 1 atom stereocenters. The van der Waals surface area contributed by atoms with Gasteiger partial charge < -0.3 is 13.9 Å². The quantitative estimate of drug-likeness (QED) is 0.0851. The highest BCUT2D eigenvalue weighted by atomic mass is 19.4. The molecule has 1 aliphatic rings. The topological polar surface area (TPSA) is 77.7 Å². The zero-order chi connectivity index (χ0) is 35.1. The van der Waals surface area contributed by atoms with Gasteiger partial charge in [0.2, 0.25) is 5.89 Å². The second kappa shape index (κ2) is 15.9. The Labute approximate surface area is 290 Å². The number of carbonyl (C=O) groups is 1. The van der Waals surface area contributed by atoms with E-state index in [0.29, 0.717) is 30.8 Å². The minimum atomic E-state index is -4.45. The average Bonchev–Trinajstić information content (AvgIpc) is 3.54. The fourth-order valence-electron chi connectivity index (χ4n) is 6.61. The van der Waals surface area contributed by atoms with E-state index in [2.05, 4.69) is 28.1 Å². The van der Waals surface area contributed by atoms with E-state index in [-0.39, 0.29) is 23.4 Å². The van der Waals surface area contributed by atoms with Gasteiger partial charge in [-0.15, -0.1) is 0 Å². The van der Waals surface area contributed by atoms with Crippen molar-refractivity contribution in [2.45, 2.75) is 77.6 Å². The average molecular weight is 686 g/mol. The number of pyridine rings is 1. The molecule has 2 aromatic heterocycles. The maximum Gasteiger partial charge on any atom is 0.416 e. The van der Waals surface area contributed by atoms with Crippen LogP contribution in [-0.4, -0.2) is 40.5 Å². The lowest BCUT2D eigenvalue weighted by atomic mass is 9.89. The number of oxazole rings is 1. The summed E-state index contributed by atoms with van der Waals surface area (Å²) in [6, 6.07) is 23.5. The van der Waals surface area contributed by atoms with Gasteiger partial charge in [0, 0.05) is 36.0 Å². The number of ether oxygens (including phenoxy) is 2. The zero-order valence-electron chi connectivity index (χ0n) is 28.5. The van der Waals surface area contributed by atoms with Crippen LogP contribution in [0.1, 0.15) is 78.7 Å². The molecule has 0 saturated heterocycles. The number of rotatable bonds is 14. The molecule has 262 valence electrons. The van der Waals surface area contributed by atoms with Gasteiger partial charge in [0.25, 0.3) is 0 Å². The molecular weight excluding hydrogens is 643 g/mol. The smallest absolute Gasteiger partial charge is 0.416 e. The zero-order valence-corrected chi connectivity index (χ0v) is 28.5. The highest BCUT2D eigenvalue weighted by molar-refractivity contribution is 5.77. The fourth-order valence-corrected chi connectivity index (χ4v) is 6.61. The Morgan fingerprint density at radius 3 is 2.60 bits per heavy atom. The summed E-state index contributed by atoms with van der Waals surface area (Å²) in [5.74, 6) is 0.935. The van der Waals surface area contributed by atoms with Crippen LogP contribution in [0.5, 0.6) is 5.75 Å². The molecule has 2 heterocycles. The monoisotopic (exact) mass is 685 g/mol. The van der Waals surface area contributed by atoms with E-state index >= 15 is 0 Å². The molecule has 10 heteroatoms. The second-order valence-corrected chi connectivity index (χ2v) is 12.7. The van der Waals surface area contributed by atoms with Crippen LogP contribution in [0.3, 0.4) is 0 Å². The van der Waals surface area contributed by atoms with Gasteiger partial charge in [0.1, 0.15) is 17.9 Å². The minimum Gasteiger partial charge on any atom is -0.489 e. The molecule has 5 aromatic rings. The van der Waals surface area contributed by atoms with Gasteiger partial charge in [-0.05, 0) is 118 Å². The van der Waals surface area contributed by atoms with Gasteiger partial charge in [-0.1, -0.05) is 36.4 Å². The highest BCUT2D eigenvalue weighted by Gasteiger charge is 2.31. The van der Waals surface area contributed by atoms with E-state index in [1.54, 1.807) is 0 Å². The molecule has 0 amide bonds. The number of carbonyl (C=O) groups excluding carboxylic acids is 1. The summed E-state index contributed by atoms with van der Waals surface area (Å²) >= 11 is 0. The van der Waals surface area contributed by atoms with E-state index in [4.69, 9.17) is 18.9 Å². The predicted molar refractivity (Wildman–Crippen MR) is 186 cm³/mol. The molecule has 7 nitrogen and oxygen atoms in total. The summed E-state index contributed by atoms with van der Waals surface area (Å²) in [6.45, 7) is 6.33. The molecule has 0 aliphatic heterocycles. The van der Waals surface area contributed by atoms with Crippen LogP contribution in [0, 0.1) is 6.92 Å². The van der Waals surface area contributed by atoms with E-state index in [0.717, 1.165) is 86.3 Å².